The average molecular weight is 973 g/mol. The molecule has 0 radical (unpaired) electrons. The summed E-state index contributed by atoms with van der Waals surface area (Å²) < 4.78 is 60.3. The van der Waals surface area contributed by atoms with Crippen LogP contribution >= 0.6 is 0 Å². The molecule has 0 heterocycles. The maximum atomic E-state index is 16.1. The zero-order chi connectivity index (χ0) is 52.1. The van der Waals surface area contributed by atoms with Gasteiger partial charge in [-0.15, -0.1) is 0 Å². The van der Waals surface area contributed by atoms with Gasteiger partial charge in [-0.25, -0.2) is 18.8 Å². The molecule has 0 bridgehead atoms. The Kier molecular flexibility index (Phi) is 22.7. The molecule has 0 aliphatic heterocycles. The number of carbonyl (C=O) groups excluding carboxylic acids is 7. The van der Waals surface area contributed by atoms with E-state index < -0.39 is 91.3 Å². The summed E-state index contributed by atoms with van der Waals surface area (Å²) in [5.41, 5.74) is 0.148. The molecule has 0 fully saturated rings. The summed E-state index contributed by atoms with van der Waals surface area (Å²) in [4.78, 5) is 89.8. The van der Waals surface area contributed by atoms with Crippen LogP contribution in [0, 0.1) is 23.1 Å². The highest BCUT2D eigenvalue weighted by atomic mass is 19.1. The number of benzene rings is 3. The van der Waals surface area contributed by atoms with Crippen molar-refractivity contribution in [2.45, 2.75) is 93.9 Å². The van der Waals surface area contributed by atoms with Crippen LogP contribution in [-0.4, -0.2) is 81.4 Å². The van der Waals surface area contributed by atoms with Crippen LogP contribution in [0.1, 0.15) is 93.1 Å². The van der Waals surface area contributed by atoms with Crippen LogP contribution in [0.5, 0.6) is 17.2 Å². The predicted octanol–water partition coefficient (Wildman–Crippen LogP) is 9.60. The largest absolute Gasteiger partial charge is 0.493 e. The summed E-state index contributed by atoms with van der Waals surface area (Å²) in [6.45, 7) is 20.8. The van der Waals surface area contributed by atoms with Crippen molar-refractivity contribution in [1.29, 1.82) is 0 Å². The quantitative estimate of drug-likeness (QED) is 0.0167. The third-order valence-corrected chi connectivity index (χ3v) is 10.7. The summed E-state index contributed by atoms with van der Waals surface area (Å²) in [5.74, 6) is -9.31. The molecule has 0 amide bonds. The topological polar surface area (TPSA) is 193 Å². The van der Waals surface area contributed by atoms with E-state index in [9.17, 15) is 33.6 Å². The second-order valence-electron chi connectivity index (χ2n) is 17.0. The van der Waals surface area contributed by atoms with Crippen molar-refractivity contribution in [1.82, 2.24) is 0 Å². The Balaban J connectivity index is 2.13. The summed E-state index contributed by atoms with van der Waals surface area (Å²) >= 11 is 0. The van der Waals surface area contributed by atoms with E-state index >= 15 is 4.39 Å². The number of rotatable bonds is 28. The molecule has 3 aromatic rings. The lowest BCUT2D eigenvalue weighted by molar-refractivity contribution is -0.171. The highest BCUT2D eigenvalue weighted by Gasteiger charge is 2.40. The number of hydrogen-bond donors (Lipinski definition) is 0. The van der Waals surface area contributed by atoms with Gasteiger partial charge in [0.1, 0.15) is 54.9 Å². The van der Waals surface area contributed by atoms with Crippen molar-refractivity contribution in [3.05, 3.63) is 102 Å². The Labute approximate surface area is 409 Å². The number of esters is 7. The molecule has 70 heavy (non-hydrogen) atoms. The van der Waals surface area contributed by atoms with Gasteiger partial charge >= 0.3 is 41.8 Å². The number of aryl methyl sites for hydroxylation is 1. The number of hydrogen-bond acceptors (Lipinski definition) is 15. The van der Waals surface area contributed by atoms with Gasteiger partial charge in [0.25, 0.3) is 0 Å². The molecule has 15 nitrogen and oxygen atoms in total. The first-order chi connectivity index (χ1) is 33.2. The zero-order valence-corrected chi connectivity index (χ0v) is 41.5. The molecule has 3 rings (SSSR count). The van der Waals surface area contributed by atoms with Crippen LogP contribution in [0.3, 0.4) is 0 Å². The van der Waals surface area contributed by atoms with E-state index in [1.807, 2.05) is 0 Å². The van der Waals surface area contributed by atoms with Crippen molar-refractivity contribution in [2.75, 3.05) is 39.6 Å². The Morgan fingerprint density at radius 1 is 0.543 bits per heavy atom. The van der Waals surface area contributed by atoms with E-state index in [0.29, 0.717) is 12.0 Å². The molecular weight excluding hydrogens is 908 g/mol. The number of carbonyl (C=O) groups is 7. The lowest BCUT2D eigenvalue weighted by Gasteiger charge is -2.32. The van der Waals surface area contributed by atoms with Crippen LogP contribution in [0.25, 0.3) is 22.3 Å². The normalized spacial score (nSPS) is 12.5. The average Bonchev–Trinajstić information content (AvgIpc) is 3.33. The smallest absolute Gasteiger partial charge is 0.338 e. The maximum Gasteiger partial charge on any atom is 0.338 e. The molecular formula is C54H65FO15. The highest BCUT2D eigenvalue weighted by Crippen LogP contribution is 2.43. The fourth-order valence-electron chi connectivity index (χ4n) is 6.39. The third-order valence-electron chi connectivity index (χ3n) is 10.7. The van der Waals surface area contributed by atoms with Crippen LogP contribution in [-0.2, 0) is 63.7 Å². The van der Waals surface area contributed by atoms with E-state index in [-0.39, 0.29) is 63.9 Å². The fraction of sp³-hybridized carbons (Fsp3) is 0.426. The summed E-state index contributed by atoms with van der Waals surface area (Å²) in [5, 5.41) is 0. The van der Waals surface area contributed by atoms with E-state index in [4.69, 9.17) is 37.9 Å². The molecule has 3 aromatic carbocycles. The second kappa shape index (κ2) is 27.8. The van der Waals surface area contributed by atoms with Crippen molar-refractivity contribution in [3.8, 4) is 39.5 Å². The highest BCUT2D eigenvalue weighted by molar-refractivity contribution is 5.96. The Hall–Kier alpha value is -7.10. The van der Waals surface area contributed by atoms with Crippen molar-refractivity contribution >= 4 is 41.8 Å². The summed E-state index contributed by atoms with van der Waals surface area (Å²) in [7, 11) is 0. The van der Waals surface area contributed by atoms with Crippen LogP contribution in [0.4, 0.5) is 4.39 Å². The molecule has 378 valence electrons. The standard InChI is InChI=1S/C54H65FO15/c1-12-15-16-17-18-19-38-20-25-41(44(55)26-38)43-28-45(69-48(57)34(6)7)42(27-46(43)70-49(58)35(8)9)39-21-23-40(24-22-39)65-29-54(30-66-47(56)33(4)5,31-67-52(61)36(10)50(59)63-13-2)32-68-53(62)37(11)51(60)64-14-3/h20-28,36-37H,4,6,8,12-19,29-32H2,1-3,5,7,9-11H3. The minimum atomic E-state index is -1.66. The lowest BCUT2D eigenvalue weighted by atomic mass is 9.91. The molecule has 0 N–H and O–H groups in total. The minimum Gasteiger partial charge on any atom is -0.493 e. The van der Waals surface area contributed by atoms with Gasteiger partial charge in [-0.05, 0) is 103 Å². The second-order valence-corrected chi connectivity index (χ2v) is 17.0. The number of ether oxygens (including phenoxy) is 8. The Morgan fingerprint density at radius 2 is 1.01 bits per heavy atom. The van der Waals surface area contributed by atoms with Gasteiger partial charge in [-0.1, -0.05) is 76.6 Å². The summed E-state index contributed by atoms with van der Waals surface area (Å²) in [6, 6.07) is 13.9. The summed E-state index contributed by atoms with van der Waals surface area (Å²) in [6.07, 6.45) is 5.92. The van der Waals surface area contributed by atoms with Crippen LogP contribution in [0.15, 0.2) is 91.1 Å². The van der Waals surface area contributed by atoms with Crippen molar-refractivity contribution in [2.24, 2.45) is 17.3 Å². The number of unbranched alkanes of at least 4 members (excludes halogenated alkanes) is 4. The van der Waals surface area contributed by atoms with Gasteiger partial charge in [0.05, 0.1) is 13.2 Å². The minimum absolute atomic E-state index is 0.00212. The molecule has 0 saturated carbocycles. The van der Waals surface area contributed by atoms with Crippen LogP contribution in [0.2, 0.25) is 0 Å². The van der Waals surface area contributed by atoms with E-state index in [0.717, 1.165) is 37.7 Å². The molecule has 16 heteroatoms. The number of halogens is 1. The fourth-order valence-corrected chi connectivity index (χ4v) is 6.39. The van der Waals surface area contributed by atoms with Gasteiger partial charge in [0.2, 0.25) is 0 Å². The van der Waals surface area contributed by atoms with Gasteiger partial charge in [0, 0.05) is 33.4 Å². The van der Waals surface area contributed by atoms with Crippen molar-refractivity contribution in [3.63, 3.8) is 0 Å². The van der Waals surface area contributed by atoms with E-state index in [1.165, 1.54) is 65.0 Å². The SMILES string of the molecule is C=C(C)C(=O)OCC(COC(=O)C(C)C(=O)OCC)(COC(=O)C(C)C(=O)OCC)COc1ccc(-c2cc(OC(=O)C(=C)C)c(-c3ccc(CCCCCCC)cc3F)cc2OC(=O)C(=C)C)cc1. The Bertz CT molecular complexity index is 2360. The molecule has 0 spiro atoms. The zero-order valence-electron chi connectivity index (χ0n) is 41.5. The molecule has 0 saturated heterocycles. The molecule has 0 aromatic heterocycles. The van der Waals surface area contributed by atoms with Gasteiger partial charge in [-0.3, -0.25) is 19.2 Å². The van der Waals surface area contributed by atoms with Crippen LogP contribution < -0.4 is 14.2 Å². The van der Waals surface area contributed by atoms with Gasteiger partial charge < -0.3 is 37.9 Å². The molecule has 0 aliphatic rings. The lowest BCUT2D eigenvalue weighted by Crippen LogP contribution is -2.45. The first-order valence-electron chi connectivity index (χ1n) is 23.1. The molecule has 2 unspecified atom stereocenters. The monoisotopic (exact) mass is 972 g/mol. The predicted molar refractivity (Wildman–Crippen MR) is 258 cm³/mol. The Morgan fingerprint density at radius 3 is 1.50 bits per heavy atom. The van der Waals surface area contributed by atoms with Crippen molar-refractivity contribution < 1.29 is 75.8 Å². The maximum absolute atomic E-state index is 16.1. The third kappa shape index (κ3) is 17.1. The van der Waals surface area contributed by atoms with E-state index in [2.05, 4.69) is 26.7 Å². The molecule has 0 aliphatic carbocycles. The van der Waals surface area contributed by atoms with Gasteiger partial charge in [-0.2, -0.15) is 0 Å². The van der Waals surface area contributed by atoms with Gasteiger partial charge in [0.15, 0.2) is 11.8 Å². The first kappa shape index (κ1) is 57.2. The molecule has 2 atom stereocenters. The van der Waals surface area contributed by atoms with E-state index in [1.54, 1.807) is 38.1 Å². The first-order valence-corrected chi connectivity index (χ1v) is 23.1.